The second-order valence-corrected chi connectivity index (χ2v) is 7.37. The molecule has 110 valence electrons. The SMILES string of the molecule is ClCc1csc(-c2cccc(CN3CC4CCC3C4)c2)n1. The van der Waals surface area contributed by atoms with E-state index in [2.05, 4.69) is 39.5 Å². The summed E-state index contributed by atoms with van der Waals surface area (Å²) in [4.78, 5) is 7.25. The second kappa shape index (κ2) is 5.71. The van der Waals surface area contributed by atoms with Gasteiger partial charge in [-0.25, -0.2) is 4.98 Å². The van der Waals surface area contributed by atoms with Gasteiger partial charge in [-0.3, -0.25) is 4.90 Å². The van der Waals surface area contributed by atoms with E-state index in [1.165, 1.54) is 36.9 Å². The lowest BCUT2D eigenvalue weighted by molar-refractivity contribution is 0.205. The third-order valence-corrected chi connectivity index (χ3v) is 5.98. The van der Waals surface area contributed by atoms with Crippen LogP contribution in [0.3, 0.4) is 0 Å². The number of benzene rings is 1. The van der Waals surface area contributed by atoms with Crippen molar-refractivity contribution in [2.24, 2.45) is 5.92 Å². The largest absolute Gasteiger partial charge is 0.296 e. The number of hydrogen-bond donors (Lipinski definition) is 0. The van der Waals surface area contributed by atoms with E-state index >= 15 is 0 Å². The zero-order chi connectivity index (χ0) is 14.2. The Kier molecular flexibility index (Phi) is 3.74. The van der Waals surface area contributed by atoms with Crippen LogP contribution in [0.5, 0.6) is 0 Å². The number of halogens is 1. The van der Waals surface area contributed by atoms with Crippen LogP contribution < -0.4 is 0 Å². The summed E-state index contributed by atoms with van der Waals surface area (Å²) in [7, 11) is 0. The van der Waals surface area contributed by atoms with E-state index in [0.717, 1.165) is 29.2 Å². The number of nitrogens with zero attached hydrogens (tertiary/aromatic N) is 2. The molecule has 4 rings (SSSR count). The second-order valence-electron chi connectivity index (χ2n) is 6.24. The summed E-state index contributed by atoms with van der Waals surface area (Å²) in [6.45, 7) is 2.38. The van der Waals surface area contributed by atoms with Gasteiger partial charge in [0, 0.05) is 30.1 Å². The fraction of sp³-hybridized carbons (Fsp3) is 0.471. The smallest absolute Gasteiger partial charge is 0.123 e. The molecule has 2 unspecified atom stereocenters. The first kappa shape index (κ1) is 13.7. The van der Waals surface area contributed by atoms with Gasteiger partial charge in [0.05, 0.1) is 11.6 Å². The molecule has 2 aliphatic rings. The fourth-order valence-electron chi connectivity index (χ4n) is 3.76. The minimum Gasteiger partial charge on any atom is -0.296 e. The molecule has 1 saturated carbocycles. The van der Waals surface area contributed by atoms with Crippen molar-refractivity contribution < 1.29 is 0 Å². The van der Waals surface area contributed by atoms with Crippen molar-refractivity contribution in [1.82, 2.24) is 9.88 Å². The highest BCUT2D eigenvalue weighted by molar-refractivity contribution is 7.13. The molecule has 2 bridgehead atoms. The standard InChI is InChI=1S/C17H19ClN2S/c18-8-15-11-21-17(19-15)14-3-1-2-12(6-14)9-20-10-13-4-5-16(20)7-13/h1-3,6,11,13,16H,4-5,7-10H2. The minimum atomic E-state index is 0.493. The molecule has 1 saturated heterocycles. The Labute approximate surface area is 134 Å². The highest BCUT2D eigenvalue weighted by Crippen LogP contribution is 2.38. The van der Waals surface area contributed by atoms with Gasteiger partial charge >= 0.3 is 0 Å². The summed E-state index contributed by atoms with van der Waals surface area (Å²) in [6.07, 6.45) is 4.27. The van der Waals surface area contributed by atoms with Gasteiger partial charge < -0.3 is 0 Å². The molecule has 0 N–H and O–H groups in total. The van der Waals surface area contributed by atoms with Gasteiger partial charge in [0.25, 0.3) is 0 Å². The molecular weight excluding hydrogens is 300 g/mol. The van der Waals surface area contributed by atoms with Crippen LogP contribution in [0.4, 0.5) is 0 Å². The lowest BCUT2D eigenvalue weighted by atomic mass is 10.1. The van der Waals surface area contributed by atoms with E-state index in [-0.39, 0.29) is 0 Å². The number of thiazole rings is 1. The van der Waals surface area contributed by atoms with Crippen LogP contribution in [-0.4, -0.2) is 22.5 Å². The van der Waals surface area contributed by atoms with Crippen molar-refractivity contribution >= 4 is 22.9 Å². The molecule has 1 aliphatic carbocycles. The van der Waals surface area contributed by atoms with E-state index in [1.54, 1.807) is 11.3 Å². The molecule has 21 heavy (non-hydrogen) atoms. The van der Waals surface area contributed by atoms with Crippen molar-refractivity contribution in [3.8, 4) is 10.6 Å². The first-order valence-electron chi connectivity index (χ1n) is 7.65. The average molecular weight is 319 g/mol. The van der Waals surface area contributed by atoms with Crippen LogP contribution in [0.1, 0.15) is 30.5 Å². The van der Waals surface area contributed by atoms with E-state index in [4.69, 9.17) is 11.6 Å². The predicted molar refractivity (Wildman–Crippen MR) is 88.6 cm³/mol. The van der Waals surface area contributed by atoms with E-state index in [1.807, 2.05) is 0 Å². The highest BCUT2D eigenvalue weighted by Gasteiger charge is 2.37. The number of aromatic nitrogens is 1. The number of fused-ring (bicyclic) bond motifs is 2. The summed E-state index contributed by atoms with van der Waals surface area (Å²) in [6, 6.07) is 9.67. The average Bonchev–Trinajstić information content (AvgIpc) is 3.23. The van der Waals surface area contributed by atoms with Gasteiger partial charge in [-0.2, -0.15) is 0 Å². The number of piperidine rings is 1. The first-order chi connectivity index (χ1) is 10.3. The molecule has 1 aliphatic heterocycles. The van der Waals surface area contributed by atoms with Crippen LogP contribution in [0, 0.1) is 5.92 Å². The maximum Gasteiger partial charge on any atom is 0.123 e. The van der Waals surface area contributed by atoms with E-state index in [0.29, 0.717) is 5.88 Å². The van der Waals surface area contributed by atoms with Gasteiger partial charge in [0.15, 0.2) is 0 Å². The molecule has 0 spiro atoms. The lowest BCUT2D eigenvalue weighted by Crippen LogP contribution is -2.31. The molecule has 2 fully saturated rings. The van der Waals surface area contributed by atoms with Gasteiger partial charge in [-0.05, 0) is 36.8 Å². The molecule has 2 heterocycles. The maximum atomic E-state index is 5.85. The zero-order valence-electron chi connectivity index (χ0n) is 12.0. The van der Waals surface area contributed by atoms with Crippen LogP contribution in [-0.2, 0) is 12.4 Å². The highest BCUT2D eigenvalue weighted by atomic mass is 35.5. The van der Waals surface area contributed by atoms with Gasteiger partial charge in [-0.1, -0.05) is 18.2 Å². The molecule has 0 amide bonds. The monoisotopic (exact) mass is 318 g/mol. The van der Waals surface area contributed by atoms with Crippen LogP contribution >= 0.6 is 22.9 Å². The van der Waals surface area contributed by atoms with Gasteiger partial charge in [-0.15, -0.1) is 22.9 Å². The van der Waals surface area contributed by atoms with Crippen LogP contribution in [0.15, 0.2) is 29.6 Å². The Morgan fingerprint density at radius 3 is 3.00 bits per heavy atom. The Bertz CT molecular complexity index is 639. The zero-order valence-corrected chi connectivity index (χ0v) is 13.5. The molecule has 4 heteroatoms. The molecular formula is C17H19ClN2S. The Hall–Kier alpha value is -0.900. The normalized spacial score (nSPS) is 24.8. The van der Waals surface area contributed by atoms with Crippen molar-refractivity contribution in [3.05, 3.63) is 40.9 Å². The predicted octanol–water partition coefficient (Wildman–Crippen LogP) is 4.53. The summed E-state index contributed by atoms with van der Waals surface area (Å²) >= 11 is 7.53. The van der Waals surface area contributed by atoms with Crippen molar-refractivity contribution in [1.29, 1.82) is 0 Å². The van der Waals surface area contributed by atoms with Crippen molar-refractivity contribution in [2.75, 3.05) is 6.54 Å². The Balaban J connectivity index is 1.52. The molecule has 2 nitrogen and oxygen atoms in total. The molecule has 2 aromatic rings. The van der Waals surface area contributed by atoms with E-state index in [9.17, 15) is 0 Å². The molecule has 1 aromatic heterocycles. The molecule has 1 aromatic carbocycles. The van der Waals surface area contributed by atoms with Gasteiger partial charge in [0.1, 0.15) is 5.01 Å². The Morgan fingerprint density at radius 1 is 1.33 bits per heavy atom. The first-order valence-corrected chi connectivity index (χ1v) is 9.07. The quantitative estimate of drug-likeness (QED) is 0.770. The van der Waals surface area contributed by atoms with Crippen LogP contribution in [0.2, 0.25) is 0 Å². The van der Waals surface area contributed by atoms with Gasteiger partial charge in [0.2, 0.25) is 0 Å². The fourth-order valence-corrected chi connectivity index (χ4v) is 4.80. The summed E-state index contributed by atoms with van der Waals surface area (Å²) in [5.74, 6) is 1.45. The number of alkyl halides is 1. The summed E-state index contributed by atoms with van der Waals surface area (Å²) in [5.41, 5.74) is 3.60. The lowest BCUT2D eigenvalue weighted by Gasteiger charge is -2.26. The summed E-state index contributed by atoms with van der Waals surface area (Å²) < 4.78 is 0. The van der Waals surface area contributed by atoms with E-state index < -0.39 is 0 Å². The maximum absolute atomic E-state index is 5.85. The topological polar surface area (TPSA) is 16.1 Å². The van der Waals surface area contributed by atoms with Crippen LogP contribution in [0.25, 0.3) is 10.6 Å². The van der Waals surface area contributed by atoms with Crippen molar-refractivity contribution in [3.63, 3.8) is 0 Å². The molecule has 2 atom stereocenters. The number of hydrogen-bond acceptors (Lipinski definition) is 3. The molecule has 0 radical (unpaired) electrons. The third-order valence-electron chi connectivity index (χ3n) is 4.77. The third kappa shape index (κ3) is 2.75. The minimum absolute atomic E-state index is 0.493. The Morgan fingerprint density at radius 2 is 2.29 bits per heavy atom. The van der Waals surface area contributed by atoms with Crippen molar-refractivity contribution in [2.45, 2.75) is 37.7 Å². The number of likely N-dealkylation sites (tertiary alicyclic amines) is 1. The number of rotatable bonds is 4. The summed E-state index contributed by atoms with van der Waals surface area (Å²) in [5, 5.41) is 3.13.